The van der Waals surface area contributed by atoms with Gasteiger partial charge in [0.25, 0.3) is 0 Å². The zero-order valence-corrected chi connectivity index (χ0v) is 10.6. The van der Waals surface area contributed by atoms with Gasteiger partial charge in [-0.1, -0.05) is 12.1 Å². The van der Waals surface area contributed by atoms with E-state index in [1.54, 1.807) is 18.0 Å². The Morgan fingerprint density at radius 3 is 2.76 bits per heavy atom. The van der Waals surface area contributed by atoms with Gasteiger partial charge in [-0.15, -0.1) is 11.8 Å². The molecule has 0 aliphatic carbocycles. The summed E-state index contributed by atoms with van der Waals surface area (Å²) in [5.74, 6) is 1.38. The summed E-state index contributed by atoms with van der Waals surface area (Å²) in [6.07, 6.45) is 3.64. The van der Waals surface area contributed by atoms with Gasteiger partial charge in [0.05, 0.1) is 11.9 Å². The standard InChI is InChI=1S/C13H14N2OS/c1-9-7-13(15-8-10(9)14)16-11-5-3-4-6-12(11)17-2/h3-8H,14H2,1-2H3. The first kappa shape index (κ1) is 11.8. The van der Waals surface area contributed by atoms with E-state index in [1.165, 1.54) is 0 Å². The van der Waals surface area contributed by atoms with Crippen LogP contribution in [0.2, 0.25) is 0 Å². The molecule has 1 heterocycles. The molecule has 1 aromatic carbocycles. The summed E-state index contributed by atoms with van der Waals surface area (Å²) in [6, 6.07) is 9.72. The van der Waals surface area contributed by atoms with Gasteiger partial charge >= 0.3 is 0 Å². The molecule has 1 aromatic heterocycles. The number of aryl methyl sites for hydroxylation is 1. The first-order valence-corrected chi connectivity index (χ1v) is 6.46. The Morgan fingerprint density at radius 1 is 1.29 bits per heavy atom. The number of nitrogen functional groups attached to an aromatic ring is 1. The summed E-state index contributed by atoms with van der Waals surface area (Å²) in [7, 11) is 0. The molecule has 2 N–H and O–H groups in total. The largest absolute Gasteiger partial charge is 0.438 e. The second-order valence-corrected chi connectivity index (χ2v) is 4.48. The van der Waals surface area contributed by atoms with E-state index in [4.69, 9.17) is 10.5 Å². The molecule has 88 valence electrons. The Labute approximate surface area is 105 Å². The smallest absolute Gasteiger partial charge is 0.219 e. The highest BCUT2D eigenvalue weighted by Gasteiger charge is 2.05. The highest BCUT2D eigenvalue weighted by Crippen LogP contribution is 2.30. The number of nitrogens with two attached hydrogens (primary N) is 1. The van der Waals surface area contributed by atoms with Crippen LogP contribution in [0.1, 0.15) is 5.56 Å². The maximum atomic E-state index is 5.75. The fourth-order valence-electron chi connectivity index (χ4n) is 1.41. The zero-order chi connectivity index (χ0) is 12.3. The molecule has 0 saturated heterocycles. The topological polar surface area (TPSA) is 48.1 Å². The molecule has 17 heavy (non-hydrogen) atoms. The van der Waals surface area contributed by atoms with E-state index in [-0.39, 0.29) is 0 Å². The monoisotopic (exact) mass is 246 g/mol. The predicted molar refractivity (Wildman–Crippen MR) is 71.7 cm³/mol. The lowest BCUT2D eigenvalue weighted by Gasteiger charge is -2.09. The molecule has 2 rings (SSSR count). The highest BCUT2D eigenvalue weighted by molar-refractivity contribution is 7.98. The van der Waals surface area contributed by atoms with Crippen molar-refractivity contribution in [3.05, 3.63) is 42.1 Å². The summed E-state index contributed by atoms with van der Waals surface area (Å²) in [5, 5.41) is 0. The third-order valence-corrected chi connectivity index (χ3v) is 3.19. The number of benzene rings is 1. The Morgan fingerprint density at radius 2 is 2.06 bits per heavy atom. The summed E-state index contributed by atoms with van der Waals surface area (Å²) >= 11 is 1.64. The van der Waals surface area contributed by atoms with Crippen LogP contribution in [0.4, 0.5) is 5.69 Å². The van der Waals surface area contributed by atoms with Gasteiger partial charge in [-0.2, -0.15) is 0 Å². The lowest BCUT2D eigenvalue weighted by atomic mass is 10.2. The molecule has 2 aromatic rings. The SMILES string of the molecule is CSc1ccccc1Oc1cc(C)c(N)cn1. The Hall–Kier alpha value is -1.68. The maximum absolute atomic E-state index is 5.75. The molecule has 3 nitrogen and oxygen atoms in total. The lowest BCUT2D eigenvalue weighted by molar-refractivity contribution is 0.452. The Bertz CT molecular complexity index is 529. The number of ether oxygens (including phenoxy) is 1. The van der Waals surface area contributed by atoms with Crippen LogP contribution in [0.15, 0.2) is 41.4 Å². The average molecular weight is 246 g/mol. The molecule has 4 heteroatoms. The second-order valence-electron chi connectivity index (χ2n) is 3.63. The minimum absolute atomic E-state index is 0.568. The molecule has 0 radical (unpaired) electrons. The van der Waals surface area contributed by atoms with Gasteiger partial charge in [-0.05, 0) is 30.9 Å². The fraction of sp³-hybridized carbons (Fsp3) is 0.154. The van der Waals surface area contributed by atoms with Gasteiger partial charge in [-0.25, -0.2) is 4.98 Å². The summed E-state index contributed by atoms with van der Waals surface area (Å²) in [5.41, 5.74) is 7.36. The van der Waals surface area contributed by atoms with Gasteiger partial charge in [0, 0.05) is 11.0 Å². The number of anilines is 1. The van der Waals surface area contributed by atoms with Crippen molar-refractivity contribution in [1.29, 1.82) is 0 Å². The lowest BCUT2D eigenvalue weighted by Crippen LogP contribution is -1.94. The molecular formula is C13H14N2OS. The molecule has 0 unspecified atom stereocenters. The number of hydrogen-bond donors (Lipinski definition) is 1. The van der Waals surface area contributed by atoms with Crippen molar-refractivity contribution in [1.82, 2.24) is 4.98 Å². The minimum Gasteiger partial charge on any atom is -0.438 e. The summed E-state index contributed by atoms with van der Waals surface area (Å²) < 4.78 is 5.75. The molecule has 0 bridgehead atoms. The molecule has 0 aliphatic heterocycles. The molecular weight excluding hydrogens is 232 g/mol. The first-order chi connectivity index (χ1) is 8.20. The summed E-state index contributed by atoms with van der Waals surface area (Å²) in [6.45, 7) is 1.93. The molecule has 0 atom stereocenters. The van der Waals surface area contributed by atoms with E-state index >= 15 is 0 Å². The van der Waals surface area contributed by atoms with E-state index in [2.05, 4.69) is 4.98 Å². The second kappa shape index (κ2) is 5.10. The van der Waals surface area contributed by atoms with E-state index in [0.717, 1.165) is 16.2 Å². The maximum Gasteiger partial charge on any atom is 0.219 e. The van der Waals surface area contributed by atoms with Gasteiger partial charge in [0.15, 0.2) is 0 Å². The van der Waals surface area contributed by atoms with Crippen molar-refractivity contribution in [2.75, 3.05) is 12.0 Å². The number of rotatable bonds is 3. The van der Waals surface area contributed by atoms with Crippen LogP contribution in [0.5, 0.6) is 11.6 Å². The number of hydrogen-bond acceptors (Lipinski definition) is 4. The van der Waals surface area contributed by atoms with Crippen LogP contribution in [-0.2, 0) is 0 Å². The van der Waals surface area contributed by atoms with Crippen LogP contribution in [0, 0.1) is 6.92 Å². The zero-order valence-electron chi connectivity index (χ0n) is 9.81. The normalized spacial score (nSPS) is 10.2. The molecule has 0 saturated carbocycles. The first-order valence-electron chi connectivity index (χ1n) is 5.23. The molecule has 0 amide bonds. The Balaban J connectivity index is 2.28. The molecule has 0 aliphatic rings. The van der Waals surface area contributed by atoms with E-state index in [1.807, 2.05) is 43.5 Å². The number of para-hydroxylation sites is 1. The molecule has 0 spiro atoms. The van der Waals surface area contributed by atoms with Crippen molar-refractivity contribution in [2.24, 2.45) is 0 Å². The fourth-order valence-corrected chi connectivity index (χ4v) is 1.94. The van der Waals surface area contributed by atoms with Crippen LogP contribution >= 0.6 is 11.8 Å². The van der Waals surface area contributed by atoms with E-state index in [0.29, 0.717) is 11.6 Å². The van der Waals surface area contributed by atoms with Gasteiger partial charge in [-0.3, -0.25) is 0 Å². The Kier molecular flexibility index (Phi) is 3.54. The van der Waals surface area contributed by atoms with Crippen molar-refractivity contribution in [3.8, 4) is 11.6 Å². The van der Waals surface area contributed by atoms with E-state index in [9.17, 15) is 0 Å². The van der Waals surface area contributed by atoms with Crippen molar-refractivity contribution < 1.29 is 4.74 Å². The number of pyridine rings is 1. The van der Waals surface area contributed by atoms with Crippen LogP contribution in [0.3, 0.4) is 0 Å². The highest BCUT2D eigenvalue weighted by atomic mass is 32.2. The minimum atomic E-state index is 0.568. The average Bonchev–Trinajstić information content (AvgIpc) is 2.34. The summed E-state index contributed by atoms with van der Waals surface area (Å²) in [4.78, 5) is 5.24. The van der Waals surface area contributed by atoms with Crippen molar-refractivity contribution >= 4 is 17.4 Å². The van der Waals surface area contributed by atoms with Gasteiger partial charge < -0.3 is 10.5 Å². The third kappa shape index (κ3) is 2.71. The number of thioether (sulfide) groups is 1. The van der Waals surface area contributed by atoms with E-state index < -0.39 is 0 Å². The predicted octanol–water partition coefficient (Wildman–Crippen LogP) is 3.49. The van der Waals surface area contributed by atoms with Crippen molar-refractivity contribution in [2.45, 2.75) is 11.8 Å². The third-order valence-electron chi connectivity index (χ3n) is 2.41. The number of nitrogens with zero attached hydrogens (tertiary/aromatic N) is 1. The van der Waals surface area contributed by atoms with Gasteiger partial charge in [0.1, 0.15) is 5.75 Å². The van der Waals surface area contributed by atoms with Crippen LogP contribution in [-0.4, -0.2) is 11.2 Å². The molecule has 0 fully saturated rings. The number of aromatic nitrogens is 1. The van der Waals surface area contributed by atoms with Crippen LogP contribution < -0.4 is 10.5 Å². The van der Waals surface area contributed by atoms with Crippen LogP contribution in [0.25, 0.3) is 0 Å². The van der Waals surface area contributed by atoms with Crippen molar-refractivity contribution in [3.63, 3.8) is 0 Å². The quantitative estimate of drug-likeness (QED) is 0.842. The van der Waals surface area contributed by atoms with Gasteiger partial charge in [0.2, 0.25) is 5.88 Å².